The zero-order valence-electron chi connectivity index (χ0n) is 16.9. The molecule has 0 radical (unpaired) electrons. The van der Waals surface area contributed by atoms with Crippen LogP contribution in [0, 0.1) is 12.8 Å². The van der Waals surface area contributed by atoms with Crippen LogP contribution in [0.5, 0.6) is 0 Å². The van der Waals surface area contributed by atoms with E-state index in [9.17, 15) is 4.79 Å². The standard InChI is InChI=1S/C23H22ClN5O/c1-14-25-19-10-9-18(11-20(19)26-14)28(2)23(30)21-12-22(16-5-7-17(24)8-6-16)29(27-21)13-15-3-4-15/h5-12,15H,3-4,13H2,1-2H3,(H,25,26). The van der Waals surface area contributed by atoms with Crippen molar-refractivity contribution in [3.05, 3.63) is 65.1 Å². The average Bonchev–Trinajstić information content (AvgIpc) is 3.32. The Morgan fingerprint density at radius 3 is 2.70 bits per heavy atom. The normalized spacial score (nSPS) is 13.7. The Morgan fingerprint density at radius 1 is 1.20 bits per heavy atom. The van der Waals surface area contributed by atoms with E-state index in [1.807, 2.05) is 60.1 Å². The molecule has 0 atom stereocenters. The highest BCUT2D eigenvalue weighted by Gasteiger charge is 2.26. The maximum atomic E-state index is 13.2. The fourth-order valence-corrected chi connectivity index (χ4v) is 3.81. The lowest BCUT2D eigenvalue weighted by atomic mass is 10.1. The molecule has 1 aliphatic rings. The van der Waals surface area contributed by atoms with Gasteiger partial charge in [-0.15, -0.1) is 0 Å². The lowest BCUT2D eigenvalue weighted by molar-refractivity contribution is 0.0987. The summed E-state index contributed by atoms with van der Waals surface area (Å²) in [7, 11) is 1.77. The summed E-state index contributed by atoms with van der Waals surface area (Å²) in [5.41, 5.74) is 4.96. The number of aromatic amines is 1. The van der Waals surface area contributed by atoms with E-state index in [2.05, 4.69) is 15.1 Å². The van der Waals surface area contributed by atoms with Crippen LogP contribution in [-0.2, 0) is 6.54 Å². The van der Waals surface area contributed by atoms with Gasteiger partial charge in [0.15, 0.2) is 5.69 Å². The van der Waals surface area contributed by atoms with E-state index in [1.165, 1.54) is 12.8 Å². The number of imidazole rings is 1. The third-order valence-corrected chi connectivity index (χ3v) is 5.79. The Balaban J connectivity index is 1.48. The molecule has 1 N–H and O–H groups in total. The van der Waals surface area contributed by atoms with Gasteiger partial charge in [0.1, 0.15) is 5.82 Å². The van der Waals surface area contributed by atoms with Crippen molar-refractivity contribution in [2.45, 2.75) is 26.3 Å². The molecule has 6 nitrogen and oxygen atoms in total. The number of rotatable bonds is 5. The number of hydrogen-bond acceptors (Lipinski definition) is 3. The highest BCUT2D eigenvalue weighted by atomic mass is 35.5. The number of halogens is 1. The van der Waals surface area contributed by atoms with Crippen LogP contribution >= 0.6 is 11.6 Å². The first-order valence-corrected chi connectivity index (χ1v) is 10.4. The van der Waals surface area contributed by atoms with Crippen molar-refractivity contribution >= 4 is 34.2 Å². The Morgan fingerprint density at radius 2 is 1.97 bits per heavy atom. The molecule has 30 heavy (non-hydrogen) atoms. The number of anilines is 1. The molecule has 1 saturated carbocycles. The number of fused-ring (bicyclic) bond motifs is 1. The lowest BCUT2D eigenvalue weighted by Crippen LogP contribution is -2.26. The van der Waals surface area contributed by atoms with E-state index < -0.39 is 0 Å². The second kappa shape index (κ2) is 7.29. The van der Waals surface area contributed by atoms with Gasteiger partial charge in [0, 0.05) is 24.3 Å². The van der Waals surface area contributed by atoms with Crippen LogP contribution in [-0.4, -0.2) is 32.7 Å². The average molecular weight is 420 g/mol. The number of aryl methyl sites for hydroxylation is 1. The van der Waals surface area contributed by atoms with Gasteiger partial charge in [-0.1, -0.05) is 23.7 Å². The maximum Gasteiger partial charge on any atom is 0.278 e. The van der Waals surface area contributed by atoms with Crippen molar-refractivity contribution in [3.8, 4) is 11.3 Å². The van der Waals surface area contributed by atoms with Gasteiger partial charge in [-0.3, -0.25) is 9.48 Å². The molecule has 1 amide bonds. The number of aromatic nitrogens is 4. The van der Waals surface area contributed by atoms with Crippen molar-refractivity contribution in [1.82, 2.24) is 19.7 Å². The second-order valence-corrected chi connectivity index (χ2v) is 8.37. The van der Waals surface area contributed by atoms with Crippen LogP contribution in [0.4, 0.5) is 5.69 Å². The smallest absolute Gasteiger partial charge is 0.278 e. The molecule has 7 heteroatoms. The van der Waals surface area contributed by atoms with Gasteiger partial charge in [-0.25, -0.2) is 4.98 Å². The molecule has 0 saturated heterocycles. The van der Waals surface area contributed by atoms with Crippen molar-refractivity contribution in [3.63, 3.8) is 0 Å². The summed E-state index contributed by atoms with van der Waals surface area (Å²) in [5.74, 6) is 1.35. The van der Waals surface area contributed by atoms with Gasteiger partial charge in [0.05, 0.1) is 16.7 Å². The number of H-pyrrole nitrogens is 1. The molecule has 0 spiro atoms. The summed E-state index contributed by atoms with van der Waals surface area (Å²) >= 11 is 6.05. The minimum atomic E-state index is -0.143. The lowest BCUT2D eigenvalue weighted by Gasteiger charge is -2.16. The van der Waals surface area contributed by atoms with Gasteiger partial charge in [0.2, 0.25) is 0 Å². The fourth-order valence-electron chi connectivity index (χ4n) is 3.68. The van der Waals surface area contributed by atoms with Gasteiger partial charge >= 0.3 is 0 Å². The number of nitrogens with zero attached hydrogens (tertiary/aromatic N) is 4. The van der Waals surface area contributed by atoms with Gasteiger partial charge in [0.25, 0.3) is 5.91 Å². The molecular formula is C23H22ClN5O. The van der Waals surface area contributed by atoms with Gasteiger partial charge in [-0.05, 0) is 67.6 Å². The molecule has 1 fully saturated rings. The molecule has 1 aliphatic carbocycles. The molecule has 2 aromatic carbocycles. The van der Waals surface area contributed by atoms with Crippen LogP contribution < -0.4 is 4.90 Å². The van der Waals surface area contributed by atoms with Crippen LogP contribution in [0.15, 0.2) is 48.5 Å². The summed E-state index contributed by atoms with van der Waals surface area (Å²) in [4.78, 5) is 22.5. The second-order valence-electron chi connectivity index (χ2n) is 7.94. The van der Waals surface area contributed by atoms with Crippen molar-refractivity contribution < 1.29 is 4.79 Å². The van der Waals surface area contributed by atoms with E-state index in [4.69, 9.17) is 11.6 Å². The molecule has 5 rings (SSSR count). The van der Waals surface area contributed by atoms with Crippen LogP contribution in [0.2, 0.25) is 5.02 Å². The summed E-state index contributed by atoms with van der Waals surface area (Å²) in [6, 6.07) is 15.3. The number of benzene rings is 2. The van der Waals surface area contributed by atoms with E-state index in [-0.39, 0.29) is 5.91 Å². The number of carbonyl (C=O) groups is 1. The predicted octanol–water partition coefficient (Wildman–Crippen LogP) is 5.07. The number of amides is 1. The van der Waals surface area contributed by atoms with Crippen molar-refractivity contribution in [1.29, 1.82) is 0 Å². The van der Waals surface area contributed by atoms with E-state index in [0.717, 1.165) is 40.3 Å². The predicted molar refractivity (Wildman–Crippen MR) is 119 cm³/mol. The topological polar surface area (TPSA) is 66.8 Å². The van der Waals surface area contributed by atoms with E-state index in [0.29, 0.717) is 16.6 Å². The number of hydrogen-bond donors (Lipinski definition) is 1. The third kappa shape index (κ3) is 3.59. The molecule has 0 aliphatic heterocycles. The first kappa shape index (κ1) is 18.9. The summed E-state index contributed by atoms with van der Waals surface area (Å²) < 4.78 is 1.96. The molecule has 4 aromatic rings. The Hall–Kier alpha value is -3.12. The fraction of sp³-hybridized carbons (Fsp3) is 0.261. The van der Waals surface area contributed by atoms with Gasteiger partial charge < -0.3 is 9.88 Å². The SMILES string of the molecule is Cc1nc2ccc(N(C)C(=O)c3cc(-c4ccc(Cl)cc4)n(CC4CC4)n3)cc2[nH]1. The number of carbonyl (C=O) groups excluding carboxylic acids is 1. The zero-order valence-corrected chi connectivity index (χ0v) is 17.6. The zero-order chi connectivity index (χ0) is 20.8. The summed E-state index contributed by atoms with van der Waals surface area (Å²) in [6.07, 6.45) is 2.43. The molecule has 0 bridgehead atoms. The molecule has 2 aromatic heterocycles. The molecular weight excluding hydrogens is 398 g/mol. The Labute approximate surface area is 179 Å². The summed E-state index contributed by atoms with van der Waals surface area (Å²) in [5, 5.41) is 5.36. The van der Waals surface area contributed by atoms with Crippen LogP contribution in [0.1, 0.15) is 29.2 Å². The quantitative estimate of drug-likeness (QED) is 0.490. The van der Waals surface area contributed by atoms with Crippen molar-refractivity contribution in [2.75, 3.05) is 11.9 Å². The Kier molecular flexibility index (Phi) is 4.59. The third-order valence-electron chi connectivity index (χ3n) is 5.54. The van der Waals surface area contributed by atoms with E-state index >= 15 is 0 Å². The van der Waals surface area contributed by atoms with Crippen LogP contribution in [0.3, 0.4) is 0 Å². The van der Waals surface area contributed by atoms with Gasteiger partial charge in [-0.2, -0.15) is 5.10 Å². The largest absolute Gasteiger partial charge is 0.342 e. The van der Waals surface area contributed by atoms with Crippen LogP contribution in [0.25, 0.3) is 22.3 Å². The maximum absolute atomic E-state index is 13.2. The Bertz CT molecular complexity index is 1240. The monoisotopic (exact) mass is 419 g/mol. The van der Waals surface area contributed by atoms with E-state index in [1.54, 1.807) is 11.9 Å². The first-order chi connectivity index (χ1) is 14.5. The summed E-state index contributed by atoms with van der Waals surface area (Å²) in [6.45, 7) is 2.74. The first-order valence-electron chi connectivity index (χ1n) is 10.1. The number of nitrogens with one attached hydrogen (secondary N) is 1. The molecule has 2 heterocycles. The molecule has 0 unspecified atom stereocenters. The highest BCUT2D eigenvalue weighted by Crippen LogP contribution is 2.33. The highest BCUT2D eigenvalue weighted by molar-refractivity contribution is 6.30. The minimum absolute atomic E-state index is 0.143. The van der Waals surface area contributed by atoms with Crippen molar-refractivity contribution in [2.24, 2.45) is 5.92 Å². The minimum Gasteiger partial charge on any atom is -0.342 e. The molecule has 152 valence electrons.